The smallest absolute Gasteiger partial charge is 0.193 e. The van der Waals surface area contributed by atoms with E-state index in [9.17, 15) is 9.90 Å². The Morgan fingerprint density at radius 1 is 1.11 bits per heavy atom. The number of carbonyl (C=O) groups excluding carboxylic acids is 1. The number of phenols is 1. The van der Waals surface area contributed by atoms with Crippen LogP contribution in [0.3, 0.4) is 0 Å². The highest BCUT2D eigenvalue weighted by molar-refractivity contribution is 6.10. The van der Waals surface area contributed by atoms with Crippen molar-refractivity contribution in [2.45, 2.75) is 45.4 Å². The molecular weight excluding hydrogens is 336 g/mol. The molecule has 142 valence electrons. The second kappa shape index (κ2) is 9.40. The third-order valence-corrected chi connectivity index (χ3v) is 5.27. The standard InChI is InChI=1S/C24H28O3/c1-2-18-11-13-19(14-12-18)15-16-22(26)24-21(25)9-6-10-23(24)27-17-20-7-4-3-5-8-20/h6,9-16,20,25H,2-5,7-8,17H2,1H3/b16-15+. The lowest BCUT2D eigenvalue weighted by Crippen LogP contribution is -2.16. The van der Waals surface area contributed by atoms with Crippen LogP contribution in [0.4, 0.5) is 0 Å². The first-order valence-electron chi connectivity index (χ1n) is 9.93. The van der Waals surface area contributed by atoms with Crippen LogP contribution in [0.25, 0.3) is 6.08 Å². The van der Waals surface area contributed by atoms with Crippen LogP contribution in [0.1, 0.15) is 60.5 Å². The van der Waals surface area contributed by atoms with Crippen LogP contribution in [0.15, 0.2) is 48.5 Å². The van der Waals surface area contributed by atoms with Gasteiger partial charge in [-0.25, -0.2) is 0 Å². The Kier molecular flexibility index (Phi) is 6.69. The molecule has 0 radical (unpaired) electrons. The summed E-state index contributed by atoms with van der Waals surface area (Å²) in [7, 11) is 0. The largest absolute Gasteiger partial charge is 0.507 e. The molecule has 0 saturated heterocycles. The maximum Gasteiger partial charge on any atom is 0.193 e. The van der Waals surface area contributed by atoms with Gasteiger partial charge in [-0.15, -0.1) is 0 Å². The van der Waals surface area contributed by atoms with E-state index in [0.717, 1.165) is 12.0 Å². The van der Waals surface area contributed by atoms with E-state index < -0.39 is 0 Å². The summed E-state index contributed by atoms with van der Waals surface area (Å²) in [5, 5.41) is 10.2. The molecule has 1 saturated carbocycles. The predicted molar refractivity (Wildman–Crippen MR) is 109 cm³/mol. The molecule has 0 heterocycles. The average molecular weight is 364 g/mol. The highest BCUT2D eigenvalue weighted by Gasteiger charge is 2.18. The van der Waals surface area contributed by atoms with Crippen molar-refractivity contribution in [3.63, 3.8) is 0 Å². The number of rotatable bonds is 7. The topological polar surface area (TPSA) is 46.5 Å². The second-order valence-corrected chi connectivity index (χ2v) is 7.26. The quantitative estimate of drug-likeness (QED) is 0.498. The SMILES string of the molecule is CCc1ccc(/C=C/C(=O)c2c(O)cccc2OCC2CCCCC2)cc1. The number of hydrogen-bond acceptors (Lipinski definition) is 3. The molecule has 3 rings (SSSR count). The molecule has 2 aromatic carbocycles. The number of ether oxygens (including phenoxy) is 1. The highest BCUT2D eigenvalue weighted by Crippen LogP contribution is 2.30. The lowest BCUT2D eigenvalue weighted by Gasteiger charge is -2.22. The summed E-state index contributed by atoms with van der Waals surface area (Å²) in [4.78, 5) is 12.7. The van der Waals surface area contributed by atoms with Gasteiger partial charge in [0.2, 0.25) is 0 Å². The summed E-state index contributed by atoms with van der Waals surface area (Å²) in [5.74, 6) is 0.728. The summed E-state index contributed by atoms with van der Waals surface area (Å²) >= 11 is 0. The van der Waals surface area contributed by atoms with Crippen molar-refractivity contribution in [3.8, 4) is 11.5 Å². The average Bonchev–Trinajstić information content (AvgIpc) is 2.71. The minimum Gasteiger partial charge on any atom is -0.507 e. The van der Waals surface area contributed by atoms with Crippen molar-refractivity contribution in [3.05, 3.63) is 65.2 Å². The zero-order chi connectivity index (χ0) is 19.1. The maximum atomic E-state index is 12.7. The molecule has 0 aliphatic heterocycles. The van der Waals surface area contributed by atoms with Crippen molar-refractivity contribution < 1.29 is 14.6 Å². The molecule has 0 bridgehead atoms. The van der Waals surface area contributed by atoms with Crippen molar-refractivity contribution in [1.82, 2.24) is 0 Å². The van der Waals surface area contributed by atoms with E-state index in [1.165, 1.54) is 49.8 Å². The van der Waals surface area contributed by atoms with E-state index in [1.807, 2.05) is 12.1 Å². The van der Waals surface area contributed by atoms with E-state index in [-0.39, 0.29) is 17.1 Å². The monoisotopic (exact) mass is 364 g/mol. The van der Waals surface area contributed by atoms with Gasteiger partial charge in [-0.2, -0.15) is 0 Å². The molecule has 0 spiro atoms. The van der Waals surface area contributed by atoms with Crippen molar-refractivity contribution >= 4 is 11.9 Å². The van der Waals surface area contributed by atoms with Crippen molar-refractivity contribution in [2.24, 2.45) is 5.92 Å². The number of phenolic OH excluding ortho intramolecular Hbond substituents is 1. The van der Waals surface area contributed by atoms with Crippen LogP contribution in [0.2, 0.25) is 0 Å². The zero-order valence-electron chi connectivity index (χ0n) is 16.0. The maximum absolute atomic E-state index is 12.7. The van der Waals surface area contributed by atoms with E-state index in [2.05, 4.69) is 19.1 Å². The fourth-order valence-electron chi connectivity index (χ4n) is 3.57. The first kappa shape index (κ1) is 19.2. The molecule has 0 unspecified atom stereocenters. The summed E-state index contributed by atoms with van der Waals surface area (Å²) < 4.78 is 5.95. The van der Waals surface area contributed by atoms with Gasteiger partial charge in [0.05, 0.1) is 6.61 Å². The van der Waals surface area contributed by atoms with Gasteiger partial charge in [-0.1, -0.05) is 62.6 Å². The van der Waals surface area contributed by atoms with Gasteiger partial charge >= 0.3 is 0 Å². The minimum absolute atomic E-state index is 0.0351. The van der Waals surface area contributed by atoms with Crippen LogP contribution in [-0.4, -0.2) is 17.5 Å². The van der Waals surface area contributed by atoms with Gasteiger partial charge < -0.3 is 9.84 Å². The Labute approximate surface area is 161 Å². The first-order chi connectivity index (χ1) is 13.2. The molecule has 3 heteroatoms. The van der Waals surface area contributed by atoms with E-state index >= 15 is 0 Å². The summed E-state index contributed by atoms with van der Waals surface area (Å²) in [5.41, 5.74) is 2.47. The fraction of sp³-hybridized carbons (Fsp3) is 0.375. The molecule has 27 heavy (non-hydrogen) atoms. The summed E-state index contributed by atoms with van der Waals surface area (Å²) in [6.45, 7) is 2.72. The number of carbonyl (C=O) groups is 1. The Balaban J connectivity index is 1.71. The number of benzene rings is 2. The van der Waals surface area contributed by atoms with E-state index in [1.54, 1.807) is 18.2 Å². The molecule has 0 aromatic heterocycles. The van der Waals surface area contributed by atoms with Gasteiger partial charge in [-0.05, 0) is 54.5 Å². The minimum atomic E-state index is -0.244. The van der Waals surface area contributed by atoms with Crippen LogP contribution >= 0.6 is 0 Å². The lowest BCUT2D eigenvalue weighted by atomic mass is 9.90. The van der Waals surface area contributed by atoms with E-state index in [4.69, 9.17) is 4.74 Å². The molecular formula is C24H28O3. The van der Waals surface area contributed by atoms with Crippen LogP contribution in [-0.2, 0) is 6.42 Å². The normalized spacial score (nSPS) is 15.1. The van der Waals surface area contributed by atoms with Crippen LogP contribution in [0.5, 0.6) is 11.5 Å². The number of allylic oxidation sites excluding steroid dienone is 1. The van der Waals surface area contributed by atoms with E-state index in [0.29, 0.717) is 18.3 Å². The molecule has 0 amide bonds. The van der Waals surface area contributed by atoms with Gasteiger partial charge in [0.15, 0.2) is 5.78 Å². The van der Waals surface area contributed by atoms with Gasteiger partial charge in [0.1, 0.15) is 17.1 Å². The van der Waals surface area contributed by atoms with Crippen molar-refractivity contribution in [1.29, 1.82) is 0 Å². The molecule has 1 aliphatic rings. The third kappa shape index (κ3) is 5.22. The highest BCUT2D eigenvalue weighted by atomic mass is 16.5. The Bertz CT molecular complexity index is 784. The molecule has 1 N–H and O–H groups in total. The van der Waals surface area contributed by atoms with Crippen LogP contribution in [0, 0.1) is 5.92 Å². The number of ketones is 1. The van der Waals surface area contributed by atoms with Gasteiger partial charge in [0, 0.05) is 0 Å². The van der Waals surface area contributed by atoms with Crippen molar-refractivity contribution in [2.75, 3.05) is 6.61 Å². The Hall–Kier alpha value is -2.55. The fourth-order valence-corrected chi connectivity index (χ4v) is 3.57. The molecule has 0 atom stereocenters. The Morgan fingerprint density at radius 2 is 1.85 bits per heavy atom. The Morgan fingerprint density at radius 3 is 2.56 bits per heavy atom. The molecule has 1 aliphatic carbocycles. The van der Waals surface area contributed by atoms with Crippen LogP contribution < -0.4 is 4.74 Å². The number of hydrogen-bond donors (Lipinski definition) is 1. The second-order valence-electron chi connectivity index (χ2n) is 7.26. The molecule has 1 fully saturated rings. The lowest BCUT2D eigenvalue weighted by molar-refractivity contribution is 0.103. The van der Waals surface area contributed by atoms with Gasteiger partial charge in [-0.3, -0.25) is 4.79 Å². The number of aromatic hydroxyl groups is 1. The summed E-state index contributed by atoms with van der Waals surface area (Å²) in [6.07, 6.45) is 10.4. The third-order valence-electron chi connectivity index (χ3n) is 5.27. The molecule has 2 aromatic rings. The zero-order valence-corrected chi connectivity index (χ0v) is 16.0. The first-order valence-corrected chi connectivity index (χ1v) is 9.93. The van der Waals surface area contributed by atoms with Gasteiger partial charge in [0.25, 0.3) is 0 Å². The predicted octanol–water partition coefficient (Wildman–Crippen LogP) is 5.81. The number of aryl methyl sites for hydroxylation is 1. The molecule has 3 nitrogen and oxygen atoms in total. The summed E-state index contributed by atoms with van der Waals surface area (Å²) in [6, 6.07) is 13.1.